The van der Waals surface area contributed by atoms with E-state index < -0.39 is 189 Å². The van der Waals surface area contributed by atoms with Crippen molar-refractivity contribution in [2.24, 2.45) is 0 Å². The molecule has 0 spiro atoms. The number of ether oxygens (including phenoxy) is 6. The van der Waals surface area contributed by atoms with Gasteiger partial charge in [-0.2, -0.15) is 0 Å². The number of aliphatic hydroxyl groups excluding tert-OH is 15. The van der Waals surface area contributed by atoms with Crippen molar-refractivity contribution in [2.45, 2.75) is 129 Å². The minimum Gasteiger partial charge on any atom is -0.394 e. The number of rotatable bonds is 24. The summed E-state index contributed by atoms with van der Waals surface area (Å²) in [6, 6.07) is -1.69. The van der Waals surface area contributed by atoms with Crippen molar-refractivity contribution < 1.29 is 128 Å². The molecule has 3 rings (SSSR count). The first-order valence-electron chi connectivity index (χ1n) is 18.6. The molecule has 0 aromatic rings. The van der Waals surface area contributed by atoms with E-state index in [0.717, 1.165) is 6.92 Å². The van der Waals surface area contributed by atoms with Crippen LogP contribution in [0.5, 0.6) is 0 Å². The molecule has 0 aliphatic carbocycles. The first-order valence-corrected chi connectivity index (χ1v) is 20.1. The number of phosphoric ester groups is 1. The standard InChI is InChI=1S/C31H59N2O26P/c1-11(39)33-18-22(46)27(58-30-24(48)23(47)20(44)15(7-36)54-30)17(9-38)56-29(18)59-28-21(45)16(8-37)55-31(25(28)49)57-26(14(42)6-35)19(43)13(41)4-32-2-3-52-60(50,51)53-10-12(40)5-34/h12-32,34-38,40-49H,2-10H2,1H3,(H,33,39)(H,50,51)/t12?,13-,14+,15+,16+,17+,18+,19+,20-,21-,22+,23-,24+,25+,26+,27+,28-,29-,30-,31-/m0/s1. The summed E-state index contributed by atoms with van der Waals surface area (Å²) >= 11 is 0. The molecule has 3 aliphatic rings. The Morgan fingerprint density at radius 3 is 1.85 bits per heavy atom. The van der Waals surface area contributed by atoms with Gasteiger partial charge in [0.25, 0.3) is 0 Å². The fourth-order valence-corrected chi connectivity index (χ4v) is 7.06. The van der Waals surface area contributed by atoms with Crippen LogP contribution in [0.3, 0.4) is 0 Å². The van der Waals surface area contributed by atoms with Crippen molar-refractivity contribution >= 4 is 13.7 Å². The Kier molecular flexibility index (Phi) is 21.8. The third-order valence-electron chi connectivity index (χ3n) is 9.59. The molecule has 0 radical (unpaired) electrons. The van der Waals surface area contributed by atoms with Crippen LogP contribution >= 0.6 is 7.82 Å². The highest BCUT2D eigenvalue weighted by molar-refractivity contribution is 7.47. The zero-order valence-electron chi connectivity index (χ0n) is 32.1. The average molecular weight is 907 g/mol. The van der Waals surface area contributed by atoms with Gasteiger partial charge in [0.15, 0.2) is 18.9 Å². The number of phosphoric acid groups is 1. The maximum Gasteiger partial charge on any atom is 0.472 e. The SMILES string of the molecule is CC(=O)N[C@H]1[C@H](O[C@H]2[C@@H](O)[C@@H](CO)O[C@@H](O[C@@H]([C@H](O)[C@@H](O)CNCCOP(=O)(O)OCC(O)CO)[C@H](O)CO)[C@@H]2O)O[C@H](CO)[C@@H](O[C@@H]2O[C@H](CO)[C@H](O)[C@H](O)[C@H]2O)[C@@H]1O. The topological polar surface area (TPSA) is 456 Å². The highest BCUT2D eigenvalue weighted by Gasteiger charge is 2.55. The molecule has 29 heteroatoms. The molecular weight excluding hydrogens is 847 g/mol. The predicted molar refractivity (Wildman–Crippen MR) is 188 cm³/mol. The quantitative estimate of drug-likeness (QED) is 0.0316. The van der Waals surface area contributed by atoms with Crippen LogP contribution in [0.15, 0.2) is 0 Å². The Balaban J connectivity index is 1.75. The zero-order valence-corrected chi connectivity index (χ0v) is 33.0. The molecule has 2 unspecified atom stereocenters. The lowest BCUT2D eigenvalue weighted by molar-refractivity contribution is -0.372. The van der Waals surface area contributed by atoms with E-state index in [1.165, 1.54) is 0 Å². The second kappa shape index (κ2) is 24.7. The monoisotopic (exact) mass is 906 g/mol. The van der Waals surface area contributed by atoms with Crippen LogP contribution in [0.25, 0.3) is 0 Å². The molecule has 3 heterocycles. The number of nitrogens with one attached hydrogen (secondary N) is 2. The lowest BCUT2D eigenvalue weighted by Gasteiger charge is -2.49. The molecule has 60 heavy (non-hydrogen) atoms. The van der Waals surface area contributed by atoms with Crippen molar-refractivity contribution in [3.05, 3.63) is 0 Å². The van der Waals surface area contributed by atoms with Crippen LogP contribution in [0.1, 0.15) is 6.92 Å². The number of carbonyl (C=O) groups is 1. The number of aliphatic hydroxyl groups is 15. The van der Waals surface area contributed by atoms with Gasteiger partial charge in [0.2, 0.25) is 5.91 Å². The van der Waals surface area contributed by atoms with Crippen LogP contribution in [0.2, 0.25) is 0 Å². The van der Waals surface area contributed by atoms with Gasteiger partial charge in [-0.05, 0) is 0 Å². The molecule has 3 fully saturated rings. The number of hydrogen-bond acceptors (Lipinski definition) is 26. The van der Waals surface area contributed by atoms with E-state index >= 15 is 0 Å². The summed E-state index contributed by atoms with van der Waals surface area (Å²) in [5.74, 6) is -0.805. The smallest absolute Gasteiger partial charge is 0.394 e. The summed E-state index contributed by atoms with van der Waals surface area (Å²) in [7, 11) is -4.65. The van der Waals surface area contributed by atoms with Gasteiger partial charge in [-0.25, -0.2) is 4.57 Å². The normalized spacial score (nSPS) is 38.6. The van der Waals surface area contributed by atoms with E-state index in [9.17, 15) is 85.7 Å². The van der Waals surface area contributed by atoms with Gasteiger partial charge in [-0.3, -0.25) is 13.8 Å². The van der Waals surface area contributed by atoms with Gasteiger partial charge >= 0.3 is 7.82 Å². The minimum absolute atomic E-state index is 0.247. The van der Waals surface area contributed by atoms with Gasteiger partial charge in [-0.1, -0.05) is 0 Å². The fraction of sp³-hybridized carbons (Fsp3) is 0.968. The molecular formula is C31H59N2O26P. The third-order valence-corrected chi connectivity index (χ3v) is 10.6. The Labute approximate surface area is 341 Å². The Bertz CT molecular complexity index is 1310. The van der Waals surface area contributed by atoms with Gasteiger partial charge in [0.05, 0.1) is 52.4 Å². The predicted octanol–water partition coefficient (Wildman–Crippen LogP) is -10.9. The maximum atomic E-state index is 12.3. The molecule has 0 aromatic heterocycles. The Morgan fingerprint density at radius 1 is 0.683 bits per heavy atom. The largest absolute Gasteiger partial charge is 0.472 e. The number of amides is 1. The molecule has 18 N–H and O–H groups in total. The minimum atomic E-state index is -4.65. The van der Waals surface area contributed by atoms with Crippen LogP contribution in [-0.2, 0) is 46.8 Å². The maximum absolute atomic E-state index is 12.3. The molecule has 3 saturated heterocycles. The van der Waals surface area contributed by atoms with Crippen molar-refractivity contribution in [3.8, 4) is 0 Å². The summed E-state index contributed by atoms with van der Waals surface area (Å²) < 4.78 is 54.6. The summed E-state index contributed by atoms with van der Waals surface area (Å²) in [4.78, 5) is 21.9. The highest BCUT2D eigenvalue weighted by atomic mass is 31.2. The van der Waals surface area contributed by atoms with Gasteiger partial charge in [0.1, 0.15) is 97.6 Å². The first-order chi connectivity index (χ1) is 28.2. The molecule has 28 nitrogen and oxygen atoms in total. The van der Waals surface area contributed by atoms with Gasteiger partial charge in [0, 0.05) is 20.0 Å². The number of hydrogen-bond donors (Lipinski definition) is 18. The summed E-state index contributed by atoms with van der Waals surface area (Å²) in [5, 5.41) is 159. The Hall–Kier alpha value is -1.30. The Morgan fingerprint density at radius 2 is 1.27 bits per heavy atom. The van der Waals surface area contributed by atoms with E-state index in [4.69, 9.17) is 33.5 Å². The molecule has 0 bridgehead atoms. The third kappa shape index (κ3) is 14.1. The summed E-state index contributed by atoms with van der Waals surface area (Å²) in [6.45, 7) is -5.58. The fourth-order valence-electron chi connectivity index (χ4n) is 6.31. The highest BCUT2D eigenvalue weighted by Crippen LogP contribution is 2.43. The number of carbonyl (C=O) groups excluding carboxylic acids is 1. The molecule has 354 valence electrons. The lowest BCUT2D eigenvalue weighted by Crippen LogP contribution is -2.69. The first kappa shape index (κ1) is 53.0. The van der Waals surface area contributed by atoms with E-state index in [-0.39, 0.29) is 6.54 Å². The van der Waals surface area contributed by atoms with Crippen LogP contribution in [0, 0.1) is 0 Å². The van der Waals surface area contributed by atoms with Gasteiger partial charge in [-0.15, -0.1) is 0 Å². The van der Waals surface area contributed by atoms with Crippen molar-refractivity contribution in [2.75, 3.05) is 59.3 Å². The molecule has 0 aromatic carbocycles. The van der Waals surface area contributed by atoms with E-state index in [1.54, 1.807) is 0 Å². The van der Waals surface area contributed by atoms with E-state index in [0.29, 0.717) is 0 Å². The van der Waals surface area contributed by atoms with Crippen molar-refractivity contribution in [3.63, 3.8) is 0 Å². The molecule has 3 aliphatic heterocycles. The van der Waals surface area contributed by atoms with Crippen molar-refractivity contribution in [1.29, 1.82) is 0 Å². The van der Waals surface area contributed by atoms with E-state index in [1.807, 2.05) is 0 Å². The molecule has 0 saturated carbocycles. The molecule has 21 atom stereocenters. The van der Waals surface area contributed by atoms with Crippen LogP contribution < -0.4 is 10.6 Å². The average Bonchev–Trinajstić information content (AvgIpc) is 3.22. The van der Waals surface area contributed by atoms with Crippen LogP contribution in [0.4, 0.5) is 0 Å². The second-order valence-electron chi connectivity index (χ2n) is 14.1. The van der Waals surface area contributed by atoms with Crippen LogP contribution in [-0.4, -0.2) is 269 Å². The van der Waals surface area contributed by atoms with Gasteiger partial charge < -0.3 is 121 Å². The second-order valence-corrected chi connectivity index (χ2v) is 15.5. The molecule has 1 amide bonds. The summed E-state index contributed by atoms with van der Waals surface area (Å²) in [6.07, 6.45) is -35.3. The van der Waals surface area contributed by atoms with Crippen molar-refractivity contribution in [1.82, 2.24) is 10.6 Å². The zero-order chi connectivity index (χ0) is 45.1. The lowest BCUT2D eigenvalue weighted by atomic mass is 9.94. The summed E-state index contributed by atoms with van der Waals surface area (Å²) in [5.41, 5.74) is 0. The van der Waals surface area contributed by atoms with E-state index in [2.05, 4.69) is 19.7 Å².